The van der Waals surface area contributed by atoms with Gasteiger partial charge in [0.15, 0.2) is 0 Å². The van der Waals surface area contributed by atoms with Crippen molar-refractivity contribution in [2.75, 3.05) is 26.2 Å². The summed E-state index contributed by atoms with van der Waals surface area (Å²) in [6.07, 6.45) is 5.64. The van der Waals surface area contributed by atoms with Gasteiger partial charge in [-0.2, -0.15) is 0 Å². The molecule has 25 heavy (non-hydrogen) atoms. The Bertz CT molecular complexity index is 701. The number of primary amides is 1. The molecule has 1 aliphatic heterocycles. The van der Waals surface area contributed by atoms with Crippen molar-refractivity contribution in [3.8, 4) is 5.75 Å². The fourth-order valence-electron chi connectivity index (χ4n) is 3.28. The summed E-state index contributed by atoms with van der Waals surface area (Å²) in [6, 6.07) is 6.06. The summed E-state index contributed by atoms with van der Waals surface area (Å²) in [5.74, 6) is 1.25. The molecule has 0 spiro atoms. The maximum absolute atomic E-state index is 12.9. The molecule has 1 saturated heterocycles. The van der Waals surface area contributed by atoms with Gasteiger partial charge in [-0.05, 0) is 43.7 Å². The monoisotopic (exact) mass is 346 g/mol. The van der Waals surface area contributed by atoms with Gasteiger partial charge in [-0.25, -0.2) is 9.37 Å². The van der Waals surface area contributed by atoms with Crippen LogP contribution >= 0.6 is 0 Å². The molecule has 0 bridgehead atoms. The number of rotatable bonds is 7. The highest BCUT2D eigenvalue weighted by Crippen LogP contribution is 2.25. The van der Waals surface area contributed by atoms with Gasteiger partial charge in [0.1, 0.15) is 30.5 Å². The molecule has 6 nitrogen and oxygen atoms in total. The molecular weight excluding hydrogens is 323 g/mol. The molecule has 1 aromatic heterocycles. The molecule has 0 saturated carbocycles. The van der Waals surface area contributed by atoms with E-state index >= 15 is 0 Å². The first-order valence-electron chi connectivity index (χ1n) is 8.52. The van der Waals surface area contributed by atoms with Crippen LogP contribution in [0.25, 0.3) is 0 Å². The van der Waals surface area contributed by atoms with Crippen molar-refractivity contribution in [3.05, 3.63) is 48.3 Å². The van der Waals surface area contributed by atoms with Gasteiger partial charge in [0.2, 0.25) is 5.91 Å². The lowest BCUT2D eigenvalue weighted by Gasteiger charge is -2.32. The number of carbonyl (C=O) groups excluding carboxylic acids is 1. The van der Waals surface area contributed by atoms with Crippen LogP contribution < -0.4 is 10.5 Å². The van der Waals surface area contributed by atoms with E-state index in [4.69, 9.17) is 10.5 Å². The zero-order valence-corrected chi connectivity index (χ0v) is 14.1. The topological polar surface area (TPSA) is 73.4 Å². The number of imidazole rings is 1. The molecule has 3 rings (SSSR count). The van der Waals surface area contributed by atoms with Crippen LogP contribution in [-0.2, 0) is 11.3 Å². The minimum atomic E-state index is -0.361. The van der Waals surface area contributed by atoms with Crippen LogP contribution in [0.4, 0.5) is 4.39 Å². The van der Waals surface area contributed by atoms with Gasteiger partial charge in [-0.3, -0.25) is 9.69 Å². The summed E-state index contributed by atoms with van der Waals surface area (Å²) >= 11 is 0. The fraction of sp³-hybridized carbons (Fsp3) is 0.444. The van der Waals surface area contributed by atoms with Crippen molar-refractivity contribution in [1.82, 2.24) is 14.5 Å². The van der Waals surface area contributed by atoms with Crippen LogP contribution in [-0.4, -0.2) is 46.6 Å². The van der Waals surface area contributed by atoms with E-state index in [1.54, 1.807) is 24.5 Å². The molecule has 1 aromatic carbocycles. The lowest BCUT2D eigenvalue weighted by atomic mass is 9.97. The van der Waals surface area contributed by atoms with E-state index in [1.807, 2.05) is 4.57 Å². The first kappa shape index (κ1) is 17.4. The zero-order chi connectivity index (χ0) is 17.6. The Hall–Kier alpha value is -2.41. The largest absolute Gasteiger partial charge is 0.492 e. The third-order valence-corrected chi connectivity index (χ3v) is 4.43. The third-order valence-electron chi connectivity index (χ3n) is 4.43. The standard InChI is InChI=1S/C18H23FN4O2/c19-15-3-5-16(6-4-15)25-11-10-22-8-1-2-14(12-22)18-21-7-9-23(18)13-17(20)24/h3-7,9,14H,1-2,8,10-13H2,(H2,20,24)/t14-/m1/s1. The lowest BCUT2D eigenvalue weighted by Crippen LogP contribution is -2.38. The van der Waals surface area contributed by atoms with Crippen molar-refractivity contribution in [2.45, 2.75) is 25.3 Å². The normalized spacial score (nSPS) is 18.2. The number of amides is 1. The molecule has 1 fully saturated rings. The van der Waals surface area contributed by atoms with Gasteiger partial charge in [0, 0.05) is 31.4 Å². The summed E-state index contributed by atoms with van der Waals surface area (Å²) in [5, 5.41) is 0. The van der Waals surface area contributed by atoms with Crippen LogP contribution in [0.5, 0.6) is 5.75 Å². The molecule has 1 amide bonds. The highest BCUT2D eigenvalue weighted by molar-refractivity contribution is 5.73. The molecule has 134 valence electrons. The molecule has 0 aliphatic carbocycles. The minimum absolute atomic E-state index is 0.166. The maximum Gasteiger partial charge on any atom is 0.237 e. The Morgan fingerprint density at radius 3 is 2.92 bits per heavy atom. The number of piperidine rings is 1. The van der Waals surface area contributed by atoms with Crippen molar-refractivity contribution in [3.63, 3.8) is 0 Å². The van der Waals surface area contributed by atoms with Gasteiger partial charge >= 0.3 is 0 Å². The summed E-state index contributed by atoms with van der Waals surface area (Å²) in [5.41, 5.74) is 5.30. The molecule has 7 heteroatoms. The van der Waals surface area contributed by atoms with E-state index in [0.717, 1.165) is 38.3 Å². The number of ether oxygens (including phenoxy) is 1. The first-order chi connectivity index (χ1) is 12.1. The smallest absolute Gasteiger partial charge is 0.237 e. The number of hydrogen-bond acceptors (Lipinski definition) is 4. The van der Waals surface area contributed by atoms with Gasteiger partial charge < -0.3 is 15.0 Å². The second kappa shape index (κ2) is 8.11. The molecule has 1 aliphatic rings. The SMILES string of the molecule is NC(=O)Cn1ccnc1[C@@H]1CCCN(CCOc2ccc(F)cc2)C1. The Morgan fingerprint density at radius 2 is 2.16 bits per heavy atom. The molecule has 0 unspecified atom stereocenters. The van der Waals surface area contributed by atoms with Gasteiger partial charge in [0.05, 0.1) is 0 Å². The van der Waals surface area contributed by atoms with Crippen molar-refractivity contribution in [2.24, 2.45) is 5.73 Å². The van der Waals surface area contributed by atoms with E-state index in [9.17, 15) is 9.18 Å². The van der Waals surface area contributed by atoms with Crippen LogP contribution in [0.1, 0.15) is 24.6 Å². The second-order valence-corrected chi connectivity index (χ2v) is 6.32. The number of nitrogens with zero attached hydrogens (tertiary/aromatic N) is 3. The Morgan fingerprint density at radius 1 is 1.36 bits per heavy atom. The number of halogens is 1. The molecule has 2 aromatic rings. The molecule has 0 radical (unpaired) electrons. The van der Waals surface area contributed by atoms with Crippen molar-refractivity contribution in [1.29, 1.82) is 0 Å². The predicted octanol–water partition coefficient (Wildman–Crippen LogP) is 1.77. The second-order valence-electron chi connectivity index (χ2n) is 6.32. The zero-order valence-electron chi connectivity index (χ0n) is 14.1. The summed E-state index contributed by atoms with van der Waals surface area (Å²) in [6.45, 7) is 3.40. The lowest BCUT2D eigenvalue weighted by molar-refractivity contribution is -0.118. The van der Waals surface area contributed by atoms with E-state index in [1.165, 1.54) is 12.1 Å². The molecule has 1 atom stereocenters. The first-order valence-corrected chi connectivity index (χ1v) is 8.52. The predicted molar refractivity (Wildman–Crippen MR) is 91.7 cm³/mol. The van der Waals surface area contributed by atoms with Crippen LogP contribution in [0.3, 0.4) is 0 Å². The number of hydrogen-bond donors (Lipinski definition) is 1. The maximum atomic E-state index is 12.9. The summed E-state index contributed by atoms with van der Waals surface area (Å²) < 4.78 is 20.4. The van der Waals surface area contributed by atoms with Crippen molar-refractivity contribution >= 4 is 5.91 Å². The van der Waals surface area contributed by atoms with Crippen LogP contribution in [0.15, 0.2) is 36.7 Å². The Labute approximate surface area is 146 Å². The Kier molecular flexibility index (Phi) is 5.65. The van der Waals surface area contributed by atoms with Crippen LogP contribution in [0.2, 0.25) is 0 Å². The van der Waals surface area contributed by atoms with Gasteiger partial charge in [-0.15, -0.1) is 0 Å². The van der Waals surface area contributed by atoms with E-state index in [-0.39, 0.29) is 24.2 Å². The van der Waals surface area contributed by atoms with E-state index in [2.05, 4.69) is 9.88 Å². The fourth-order valence-corrected chi connectivity index (χ4v) is 3.28. The highest BCUT2D eigenvalue weighted by atomic mass is 19.1. The number of benzene rings is 1. The number of nitrogens with two attached hydrogens (primary N) is 1. The molecule has 2 heterocycles. The average molecular weight is 346 g/mol. The quantitative estimate of drug-likeness (QED) is 0.829. The summed E-state index contributed by atoms with van der Waals surface area (Å²) in [4.78, 5) is 17.9. The van der Waals surface area contributed by atoms with E-state index in [0.29, 0.717) is 12.4 Å². The van der Waals surface area contributed by atoms with E-state index < -0.39 is 0 Å². The molecular formula is C18H23FN4O2. The highest BCUT2D eigenvalue weighted by Gasteiger charge is 2.24. The average Bonchev–Trinajstić information content (AvgIpc) is 3.04. The van der Waals surface area contributed by atoms with Gasteiger partial charge in [0.25, 0.3) is 0 Å². The number of likely N-dealkylation sites (tertiary alicyclic amines) is 1. The Balaban J connectivity index is 1.52. The minimum Gasteiger partial charge on any atom is -0.492 e. The third kappa shape index (κ3) is 4.79. The van der Waals surface area contributed by atoms with Crippen LogP contribution in [0, 0.1) is 5.82 Å². The van der Waals surface area contributed by atoms with Crippen molar-refractivity contribution < 1.29 is 13.9 Å². The number of carbonyl (C=O) groups is 1. The summed E-state index contributed by atoms with van der Waals surface area (Å²) in [7, 11) is 0. The number of aromatic nitrogens is 2. The molecule has 2 N–H and O–H groups in total. The van der Waals surface area contributed by atoms with Gasteiger partial charge in [-0.1, -0.05) is 0 Å².